The minimum absolute atomic E-state index is 0.163. The number of benzene rings is 1. The predicted molar refractivity (Wildman–Crippen MR) is 109 cm³/mol. The van der Waals surface area contributed by atoms with Crippen LogP contribution in [0.3, 0.4) is 0 Å². The number of alkyl halides is 3. The van der Waals surface area contributed by atoms with Crippen LogP contribution in [0.25, 0.3) is 0 Å². The number of pyridine rings is 1. The Morgan fingerprint density at radius 1 is 1.10 bits per heavy atom. The zero-order valence-electron chi connectivity index (χ0n) is 15.6. The minimum Gasteiger partial charge on any atom is -0.492 e. The summed E-state index contributed by atoms with van der Waals surface area (Å²) >= 11 is 9.19. The van der Waals surface area contributed by atoms with Crippen molar-refractivity contribution in [2.75, 3.05) is 19.8 Å². The van der Waals surface area contributed by atoms with Gasteiger partial charge >= 0.3 is 6.18 Å². The molecule has 2 rings (SSSR count). The number of ether oxygens (including phenoxy) is 3. The molecule has 1 aromatic heterocycles. The van der Waals surface area contributed by atoms with Gasteiger partial charge in [-0.25, -0.2) is 4.98 Å². The molecule has 1 heterocycles. The van der Waals surface area contributed by atoms with Crippen molar-refractivity contribution in [3.63, 3.8) is 0 Å². The van der Waals surface area contributed by atoms with Crippen molar-refractivity contribution < 1.29 is 27.4 Å². The molecule has 1 aromatic carbocycles. The van der Waals surface area contributed by atoms with Crippen LogP contribution in [-0.4, -0.2) is 24.8 Å². The van der Waals surface area contributed by atoms with Crippen LogP contribution in [0.1, 0.15) is 25.3 Å². The quantitative estimate of drug-likeness (QED) is 0.348. The van der Waals surface area contributed by atoms with E-state index in [2.05, 4.69) is 20.9 Å². The molecule has 0 saturated heterocycles. The molecule has 0 aliphatic carbocycles. The van der Waals surface area contributed by atoms with Gasteiger partial charge in [-0.05, 0) is 66.0 Å². The number of rotatable bonds is 10. The lowest BCUT2D eigenvalue weighted by Gasteiger charge is -2.11. The average Bonchev–Trinajstić information content (AvgIpc) is 2.65. The normalized spacial score (nSPS) is 12.0. The first-order valence-electron chi connectivity index (χ1n) is 8.79. The number of nitrogens with zero attached hydrogens (tertiary/aromatic N) is 1. The Hall–Kier alpha value is -1.93. The van der Waals surface area contributed by atoms with Crippen molar-refractivity contribution in [1.82, 2.24) is 4.98 Å². The van der Waals surface area contributed by atoms with Crippen molar-refractivity contribution >= 4 is 27.5 Å². The summed E-state index contributed by atoms with van der Waals surface area (Å²) in [5, 5.41) is 0.669. The van der Waals surface area contributed by atoms with Crippen LogP contribution in [0, 0.1) is 0 Å². The number of hydrogen-bond donors (Lipinski definition) is 0. The molecule has 0 aliphatic rings. The molecule has 0 aliphatic heterocycles. The third-order valence-corrected chi connectivity index (χ3v) is 4.40. The summed E-state index contributed by atoms with van der Waals surface area (Å²) in [7, 11) is 0. The number of aromatic nitrogens is 1. The predicted octanol–water partition coefficient (Wildman–Crippen LogP) is 6.62. The lowest BCUT2D eigenvalue weighted by atomic mass is 10.3. The summed E-state index contributed by atoms with van der Waals surface area (Å²) in [6.45, 7) is 2.97. The molecule has 0 saturated carbocycles. The summed E-state index contributed by atoms with van der Waals surface area (Å²) in [5.41, 5.74) is -0.800. The molecule has 0 spiro atoms. The molecule has 2 aromatic rings. The Balaban J connectivity index is 1.67. The number of halogens is 5. The van der Waals surface area contributed by atoms with Gasteiger partial charge in [-0.3, -0.25) is 0 Å². The van der Waals surface area contributed by atoms with Crippen LogP contribution in [0.2, 0.25) is 0 Å². The molecule has 4 nitrogen and oxygen atoms in total. The zero-order chi connectivity index (χ0) is 21.3. The van der Waals surface area contributed by atoms with Gasteiger partial charge in [0.1, 0.15) is 18.1 Å². The van der Waals surface area contributed by atoms with E-state index >= 15 is 0 Å². The highest BCUT2D eigenvalue weighted by Crippen LogP contribution is 2.30. The van der Waals surface area contributed by atoms with E-state index in [1.165, 1.54) is 6.07 Å². The van der Waals surface area contributed by atoms with Crippen LogP contribution in [0.5, 0.6) is 17.4 Å². The summed E-state index contributed by atoms with van der Waals surface area (Å²) in [6, 6.07) is 7.58. The smallest absolute Gasteiger partial charge is 0.417 e. The van der Waals surface area contributed by atoms with Crippen LogP contribution >= 0.6 is 27.5 Å². The topological polar surface area (TPSA) is 40.6 Å². The largest absolute Gasteiger partial charge is 0.492 e. The first-order chi connectivity index (χ1) is 13.8. The molecule has 158 valence electrons. The van der Waals surface area contributed by atoms with Gasteiger partial charge in [0.2, 0.25) is 5.88 Å². The highest BCUT2D eigenvalue weighted by atomic mass is 79.9. The molecule has 0 fully saturated rings. The van der Waals surface area contributed by atoms with E-state index in [4.69, 9.17) is 25.8 Å². The van der Waals surface area contributed by atoms with Crippen molar-refractivity contribution in [3.8, 4) is 17.4 Å². The first-order valence-corrected chi connectivity index (χ1v) is 9.96. The lowest BCUT2D eigenvalue weighted by molar-refractivity contribution is -0.137. The molecule has 29 heavy (non-hydrogen) atoms. The molecular formula is C20H20BrClF3NO3. The number of allylic oxidation sites excluding steroid dienone is 1. The van der Waals surface area contributed by atoms with Gasteiger partial charge in [0, 0.05) is 17.3 Å². The van der Waals surface area contributed by atoms with Gasteiger partial charge in [-0.1, -0.05) is 11.6 Å². The maximum atomic E-state index is 12.5. The van der Waals surface area contributed by atoms with Gasteiger partial charge < -0.3 is 14.2 Å². The Bertz CT molecular complexity index is 810. The molecule has 0 atom stereocenters. The molecule has 0 unspecified atom stereocenters. The third-order valence-electron chi connectivity index (χ3n) is 3.63. The summed E-state index contributed by atoms with van der Waals surface area (Å²) < 4.78 is 54.8. The Morgan fingerprint density at radius 3 is 2.41 bits per heavy atom. The summed E-state index contributed by atoms with van der Waals surface area (Å²) in [6.07, 6.45) is -0.489. The van der Waals surface area contributed by atoms with Gasteiger partial charge in [0.15, 0.2) is 0 Å². The van der Waals surface area contributed by atoms with Crippen LogP contribution in [0.15, 0.2) is 52.1 Å². The highest BCUT2D eigenvalue weighted by Gasteiger charge is 2.30. The van der Waals surface area contributed by atoms with E-state index in [0.717, 1.165) is 16.7 Å². The molecule has 0 amide bonds. The monoisotopic (exact) mass is 493 g/mol. The summed E-state index contributed by atoms with van der Waals surface area (Å²) in [4.78, 5) is 3.66. The Morgan fingerprint density at radius 2 is 1.83 bits per heavy atom. The maximum absolute atomic E-state index is 12.5. The molecule has 0 N–H and O–H groups in total. The van der Waals surface area contributed by atoms with Crippen LogP contribution in [-0.2, 0) is 6.18 Å². The highest BCUT2D eigenvalue weighted by molar-refractivity contribution is 9.10. The van der Waals surface area contributed by atoms with E-state index in [9.17, 15) is 13.2 Å². The Labute approximate surface area is 180 Å². The van der Waals surface area contributed by atoms with E-state index < -0.39 is 11.7 Å². The van der Waals surface area contributed by atoms with Gasteiger partial charge in [-0.15, -0.1) is 0 Å². The van der Waals surface area contributed by atoms with Crippen molar-refractivity contribution in [3.05, 3.63) is 57.7 Å². The second-order valence-electron chi connectivity index (χ2n) is 5.98. The van der Waals surface area contributed by atoms with E-state index in [1.54, 1.807) is 25.1 Å². The van der Waals surface area contributed by atoms with Crippen molar-refractivity contribution in [2.24, 2.45) is 0 Å². The molecular weight excluding hydrogens is 475 g/mol. The van der Waals surface area contributed by atoms with Crippen LogP contribution < -0.4 is 14.2 Å². The Kier molecular flexibility index (Phi) is 9.10. The number of unbranched alkanes of at least 4 members (excludes halogenated alkanes) is 1. The second-order valence-corrected chi connectivity index (χ2v) is 7.43. The fourth-order valence-corrected chi connectivity index (χ4v) is 2.67. The lowest BCUT2D eigenvalue weighted by Crippen LogP contribution is -2.07. The maximum Gasteiger partial charge on any atom is 0.417 e. The molecule has 9 heteroatoms. The minimum atomic E-state index is -4.40. The van der Waals surface area contributed by atoms with E-state index in [1.807, 2.05) is 6.07 Å². The molecule has 0 radical (unpaired) electrons. The first kappa shape index (κ1) is 23.3. The van der Waals surface area contributed by atoms with Crippen molar-refractivity contribution in [1.29, 1.82) is 0 Å². The zero-order valence-corrected chi connectivity index (χ0v) is 18.0. The molecule has 0 bridgehead atoms. The van der Waals surface area contributed by atoms with Gasteiger partial charge in [0.05, 0.1) is 23.2 Å². The average molecular weight is 495 g/mol. The van der Waals surface area contributed by atoms with E-state index in [0.29, 0.717) is 49.2 Å². The standard InChI is InChI=1S/C20H20BrClF3NO3/c1-14(22)8-11-27-16-5-6-18(17(21)12-16)28-9-2-3-10-29-19-7-4-15(13-26-19)20(23,24)25/h4-8,12-13H,2-3,9-11H2,1H3/b14-8-. The van der Waals surface area contributed by atoms with E-state index in [-0.39, 0.29) is 5.88 Å². The SMILES string of the molecule is C/C(Cl)=C/COc1ccc(OCCCCOc2ccc(C(F)(F)F)cn2)c(Br)c1. The van der Waals surface area contributed by atoms with Crippen LogP contribution in [0.4, 0.5) is 13.2 Å². The van der Waals surface area contributed by atoms with Gasteiger partial charge in [0.25, 0.3) is 0 Å². The van der Waals surface area contributed by atoms with Crippen molar-refractivity contribution in [2.45, 2.75) is 25.9 Å². The second kappa shape index (κ2) is 11.3. The summed E-state index contributed by atoms with van der Waals surface area (Å²) in [5.74, 6) is 1.54. The van der Waals surface area contributed by atoms with Gasteiger partial charge in [-0.2, -0.15) is 13.2 Å². The fraction of sp³-hybridized carbons (Fsp3) is 0.350. The third kappa shape index (κ3) is 8.53. The number of hydrogen-bond acceptors (Lipinski definition) is 4. The fourth-order valence-electron chi connectivity index (χ4n) is 2.14.